The number of ether oxygens (including phenoxy) is 1. The molecule has 0 bridgehead atoms. The maximum Gasteiger partial charge on any atom is 0.0576 e. The molecule has 2 heteroatoms. The van der Waals surface area contributed by atoms with E-state index in [1.807, 2.05) is 0 Å². The van der Waals surface area contributed by atoms with Crippen LogP contribution >= 0.6 is 0 Å². The van der Waals surface area contributed by atoms with E-state index in [2.05, 4.69) is 38.1 Å². The number of nitrogens with zero attached hydrogens (tertiary/aromatic N) is 1. The lowest BCUT2D eigenvalue weighted by Crippen LogP contribution is -2.33. The van der Waals surface area contributed by atoms with Crippen LogP contribution in [0.5, 0.6) is 0 Å². The molecule has 16 heavy (non-hydrogen) atoms. The van der Waals surface area contributed by atoms with E-state index in [0.717, 1.165) is 25.7 Å². The molecule has 1 saturated heterocycles. The third-order valence-corrected chi connectivity index (χ3v) is 3.70. The monoisotopic (exact) mass is 221 g/mol. The van der Waals surface area contributed by atoms with Crippen LogP contribution in [0.1, 0.15) is 33.6 Å². The van der Waals surface area contributed by atoms with Gasteiger partial charge in [0.2, 0.25) is 0 Å². The van der Waals surface area contributed by atoms with Gasteiger partial charge in [0, 0.05) is 19.4 Å². The summed E-state index contributed by atoms with van der Waals surface area (Å²) in [5.41, 5.74) is 1.78. The molecular weight excluding hydrogens is 198 g/mol. The molecule has 1 atom stereocenters. The summed E-state index contributed by atoms with van der Waals surface area (Å²) in [5.74, 6) is 1.41. The lowest BCUT2D eigenvalue weighted by Gasteiger charge is -2.39. The summed E-state index contributed by atoms with van der Waals surface area (Å²) in [5, 5.41) is 0. The number of aliphatic imine (C=N–C) groups is 1. The highest BCUT2D eigenvalue weighted by Gasteiger charge is 2.35. The Morgan fingerprint density at radius 3 is 2.50 bits per heavy atom. The first-order chi connectivity index (χ1) is 7.59. The van der Waals surface area contributed by atoms with Crippen molar-refractivity contribution in [3.8, 4) is 0 Å². The molecule has 90 valence electrons. The third kappa shape index (κ3) is 2.54. The van der Waals surface area contributed by atoms with Crippen molar-refractivity contribution in [2.45, 2.75) is 33.6 Å². The van der Waals surface area contributed by atoms with Crippen LogP contribution in [-0.2, 0) is 4.74 Å². The van der Waals surface area contributed by atoms with Gasteiger partial charge in [-0.25, -0.2) is 0 Å². The Morgan fingerprint density at radius 2 is 2.00 bits per heavy atom. The molecule has 0 radical (unpaired) electrons. The Labute approximate surface area is 98.8 Å². The standard InChI is InChI=1S/C14H23NO/c1-14(2,3)13(12-4-7-15-10-12)11-5-8-16-9-6-11/h4,10-11,13H,5-9H2,1-3H3. The molecule has 2 heterocycles. The second kappa shape index (κ2) is 4.70. The van der Waals surface area contributed by atoms with Crippen molar-refractivity contribution < 1.29 is 4.74 Å². The first-order valence-electron chi connectivity index (χ1n) is 6.36. The molecule has 0 amide bonds. The van der Waals surface area contributed by atoms with Crippen molar-refractivity contribution in [2.24, 2.45) is 22.2 Å². The summed E-state index contributed by atoms with van der Waals surface area (Å²) >= 11 is 0. The highest BCUT2D eigenvalue weighted by atomic mass is 16.5. The summed E-state index contributed by atoms with van der Waals surface area (Å²) in [4.78, 5) is 4.35. The fourth-order valence-electron chi connectivity index (χ4n) is 3.10. The SMILES string of the molecule is CC(C)(C)C(C1=CCN=C1)C1CCOCC1. The van der Waals surface area contributed by atoms with Crippen LogP contribution in [0.25, 0.3) is 0 Å². The van der Waals surface area contributed by atoms with Gasteiger partial charge >= 0.3 is 0 Å². The van der Waals surface area contributed by atoms with E-state index in [4.69, 9.17) is 4.74 Å². The van der Waals surface area contributed by atoms with Gasteiger partial charge in [0.15, 0.2) is 0 Å². The molecule has 1 fully saturated rings. The topological polar surface area (TPSA) is 21.6 Å². The zero-order chi connectivity index (χ0) is 11.6. The number of hydrogen-bond donors (Lipinski definition) is 0. The maximum atomic E-state index is 5.47. The lowest BCUT2D eigenvalue weighted by molar-refractivity contribution is 0.0329. The molecule has 2 nitrogen and oxygen atoms in total. The van der Waals surface area contributed by atoms with Crippen LogP contribution in [0.15, 0.2) is 16.6 Å². The maximum absolute atomic E-state index is 5.47. The van der Waals surface area contributed by atoms with Crippen molar-refractivity contribution in [2.75, 3.05) is 19.8 Å². The van der Waals surface area contributed by atoms with Crippen molar-refractivity contribution in [1.29, 1.82) is 0 Å². The normalized spacial score (nSPS) is 24.6. The second-order valence-corrected chi connectivity index (χ2v) is 5.99. The number of hydrogen-bond acceptors (Lipinski definition) is 2. The predicted octanol–water partition coefficient (Wildman–Crippen LogP) is 3.09. The Hall–Kier alpha value is -0.630. The molecule has 0 N–H and O–H groups in total. The van der Waals surface area contributed by atoms with Crippen molar-refractivity contribution in [3.05, 3.63) is 11.6 Å². The zero-order valence-corrected chi connectivity index (χ0v) is 10.7. The first kappa shape index (κ1) is 11.8. The van der Waals surface area contributed by atoms with Gasteiger partial charge in [-0.05, 0) is 35.7 Å². The van der Waals surface area contributed by atoms with Crippen LogP contribution in [0.3, 0.4) is 0 Å². The number of allylic oxidation sites excluding steroid dienone is 1. The quantitative estimate of drug-likeness (QED) is 0.702. The third-order valence-electron chi connectivity index (χ3n) is 3.70. The van der Waals surface area contributed by atoms with E-state index < -0.39 is 0 Å². The van der Waals surface area contributed by atoms with Crippen LogP contribution in [-0.4, -0.2) is 26.0 Å². The zero-order valence-electron chi connectivity index (χ0n) is 10.7. The van der Waals surface area contributed by atoms with Gasteiger partial charge in [-0.15, -0.1) is 0 Å². The van der Waals surface area contributed by atoms with Gasteiger partial charge in [0.05, 0.1) is 6.54 Å². The van der Waals surface area contributed by atoms with Gasteiger partial charge in [0.25, 0.3) is 0 Å². The molecule has 0 saturated carbocycles. The molecule has 1 unspecified atom stereocenters. The van der Waals surface area contributed by atoms with Crippen LogP contribution < -0.4 is 0 Å². The summed E-state index contributed by atoms with van der Waals surface area (Å²) in [6.07, 6.45) is 6.79. The van der Waals surface area contributed by atoms with Crippen LogP contribution in [0.4, 0.5) is 0 Å². The Morgan fingerprint density at radius 1 is 1.31 bits per heavy atom. The molecule has 2 aliphatic rings. The number of rotatable bonds is 2. The van der Waals surface area contributed by atoms with Gasteiger partial charge < -0.3 is 4.74 Å². The first-order valence-corrected chi connectivity index (χ1v) is 6.36. The largest absolute Gasteiger partial charge is 0.381 e. The summed E-state index contributed by atoms with van der Waals surface area (Å²) in [6.45, 7) is 9.79. The van der Waals surface area contributed by atoms with Gasteiger partial charge in [0.1, 0.15) is 0 Å². The van der Waals surface area contributed by atoms with E-state index >= 15 is 0 Å². The average Bonchev–Trinajstić information content (AvgIpc) is 2.71. The lowest BCUT2D eigenvalue weighted by atomic mass is 9.67. The molecule has 2 aliphatic heterocycles. The Balaban J connectivity index is 2.16. The van der Waals surface area contributed by atoms with E-state index in [1.165, 1.54) is 18.4 Å². The molecule has 0 aromatic carbocycles. The highest BCUT2D eigenvalue weighted by Crippen LogP contribution is 2.41. The average molecular weight is 221 g/mol. The summed E-state index contributed by atoms with van der Waals surface area (Å²) in [6, 6.07) is 0. The molecule has 0 spiro atoms. The molecule has 0 aromatic rings. The smallest absolute Gasteiger partial charge is 0.0576 e. The summed E-state index contributed by atoms with van der Waals surface area (Å²) in [7, 11) is 0. The van der Waals surface area contributed by atoms with Gasteiger partial charge in [-0.1, -0.05) is 26.8 Å². The fourth-order valence-corrected chi connectivity index (χ4v) is 3.10. The highest BCUT2D eigenvalue weighted by molar-refractivity contribution is 5.81. The fraction of sp³-hybridized carbons (Fsp3) is 0.786. The molecule has 0 aromatic heterocycles. The molecule has 2 rings (SSSR count). The second-order valence-electron chi connectivity index (χ2n) is 5.99. The molecular formula is C14H23NO. The van der Waals surface area contributed by atoms with Gasteiger partial charge in [-0.2, -0.15) is 0 Å². The minimum absolute atomic E-state index is 0.324. The predicted molar refractivity (Wildman–Crippen MR) is 67.9 cm³/mol. The van der Waals surface area contributed by atoms with Gasteiger partial charge in [-0.3, -0.25) is 4.99 Å². The summed E-state index contributed by atoms with van der Waals surface area (Å²) < 4.78 is 5.47. The Kier molecular flexibility index (Phi) is 3.48. The van der Waals surface area contributed by atoms with E-state index in [9.17, 15) is 0 Å². The molecule has 0 aliphatic carbocycles. The van der Waals surface area contributed by atoms with Crippen LogP contribution in [0.2, 0.25) is 0 Å². The van der Waals surface area contributed by atoms with Crippen molar-refractivity contribution in [3.63, 3.8) is 0 Å². The van der Waals surface area contributed by atoms with E-state index in [1.54, 1.807) is 0 Å². The van der Waals surface area contributed by atoms with Crippen molar-refractivity contribution >= 4 is 6.21 Å². The minimum atomic E-state index is 0.324. The van der Waals surface area contributed by atoms with Crippen molar-refractivity contribution in [1.82, 2.24) is 0 Å². The van der Waals surface area contributed by atoms with E-state index in [-0.39, 0.29) is 0 Å². The van der Waals surface area contributed by atoms with Crippen LogP contribution in [0, 0.1) is 17.3 Å². The van der Waals surface area contributed by atoms with E-state index in [0.29, 0.717) is 11.3 Å². The Bertz CT molecular complexity index is 292. The minimum Gasteiger partial charge on any atom is -0.381 e.